The van der Waals surface area contributed by atoms with Gasteiger partial charge in [-0.25, -0.2) is 0 Å². The molecule has 0 bridgehead atoms. The second kappa shape index (κ2) is 7.26. The molecule has 0 aromatic rings. The van der Waals surface area contributed by atoms with Crippen LogP contribution in [0, 0.1) is 11.3 Å². The topological polar surface area (TPSA) is 77.9 Å². The van der Waals surface area contributed by atoms with Crippen molar-refractivity contribution in [2.24, 2.45) is 11.3 Å². The lowest BCUT2D eigenvalue weighted by Crippen LogP contribution is -2.47. The van der Waals surface area contributed by atoms with E-state index in [1.165, 1.54) is 11.9 Å². The first kappa shape index (κ1) is 18.4. The van der Waals surface area contributed by atoms with Crippen molar-refractivity contribution in [1.82, 2.24) is 9.80 Å². The standard InChI is InChI=1S/C14H26N2O4/c1-7-16(8-2)10(17)9-15(6)12(18)11(13(19)20)14(3,4)5/h11H,7-9H2,1-6H3,(H,19,20). The lowest BCUT2D eigenvalue weighted by Gasteiger charge is -2.30. The molecule has 1 unspecified atom stereocenters. The van der Waals surface area contributed by atoms with Gasteiger partial charge in [-0.2, -0.15) is 0 Å². The van der Waals surface area contributed by atoms with Crippen molar-refractivity contribution in [2.45, 2.75) is 34.6 Å². The minimum Gasteiger partial charge on any atom is -0.481 e. The Bertz CT molecular complexity index is 370. The first-order valence-corrected chi connectivity index (χ1v) is 6.81. The molecule has 0 spiro atoms. The maximum Gasteiger partial charge on any atom is 0.316 e. The monoisotopic (exact) mass is 286 g/mol. The fourth-order valence-electron chi connectivity index (χ4n) is 2.02. The molecule has 2 amide bonds. The number of carboxylic acids is 1. The fourth-order valence-corrected chi connectivity index (χ4v) is 2.02. The molecule has 0 heterocycles. The number of rotatable bonds is 6. The van der Waals surface area contributed by atoms with Crippen molar-refractivity contribution in [3.63, 3.8) is 0 Å². The molecule has 0 aromatic heterocycles. The SMILES string of the molecule is CCN(CC)C(=O)CN(C)C(=O)C(C(=O)O)C(C)(C)C. The van der Waals surface area contributed by atoms with Gasteiger partial charge < -0.3 is 14.9 Å². The molecular formula is C14H26N2O4. The van der Waals surface area contributed by atoms with Crippen LogP contribution in [0.25, 0.3) is 0 Å². The van der Waals surface area contributed by atoms with E-state index in [4.69, 9.17) is 0 Å². The Kier molecular flexibility index (Phi) is 6.68. The number of aliphatic carboxylic acids is 1. The Morgan fingerprint density at radius 3 is 1.85 bits per heavy atom. The van der Waals surface area contributed by atoms with Crippen LogP contribution in [0.5, 0.6) is 0 Å². The van der Waals surface area contributed by atoms with Crippen molar-refractivity contribution in [3.8, 4) is 0 Å². The molecule has 0 aromatic carbocycles. The third kappa shape index (κ3) is 4.83. The molecule has 1 atom stereocenters. The Labute approximate surface area is 120 Å². The van der Waals surface area contributed by atoms with E-state index in [2.05, 4.69) is 0 Å². The number of carbonyl (C=O) groups excluding carboxylic acids is 2. The number of hydrogen-bond donors (Lipinski definition) is 1. The zero-order chi connectivity index (χ0) is 16.1. The molecule has 6 heteroatoms. The Morgan fingerprint density at radius 1 is 1.10 bits per heavy atom. The Hall–Kier alpha value is -1.59. The van der Waals surface area contributed by atoms with Gasteiger partial charge in [0.2, 0.25) is 11.8 Å². The molecule has 1 N–H and O–H groups in total. The van der Waals surface area contributed by atoms with Crippen molar-refractivity contribution in [2.75, 3.05) is 26.7 Å². The molecule has 0 saturated carbocycles. The third-order valence-electron chi connectivity index (χ3n) is 3.22. The van der Waals surface area contributed by atoms with E-state index in [0.29, 0.717) is 13.1 Å². The molecule has 6 nitrogen and oxygen atoms in total. The van der Waals surface area contributed by atoms with Crippen molar-refractivity contribution in [1.29, 1.82) is 0 Å². The van der Waals surface area contributed by atoms with Gasteiger partial charge in [0.05, 0.1) is 6.54 Å². The highest BCUT2D eigenvalue weighted by Gasteiger charge is 2.39. The molecule has 0 fully saturated rings. The summed E-state index contributed by atoms with van der Waals surface area (Å²) in [4.78, 5) is 38.3. The molecular weight excluding hydrogens is 260 g/mol. The molecule has 116 valence electrons. The van der Waals surface area contributed by atoms with Crippen LogP contribution < -0.4 is 0 Å². The Morgan fingerprint density at radius 2 is 1.55 bits per heavy atom. The number of nitrogens with zero attached hydrogens (tertiary/aromatic N) is 2. The van der Waals surface area contributed by atoms with E-state index in [0.717, 1.165) is 0 Å². The van der Waals surface area contributed by atoms with Crippen LogP contribution in [0.4, 0.5) is 0 Å². The minimum atomic E-state index is -1.16. The van der Waals surface area contributed by atoms with Crippen LogP contribution >= 0.6 is 0 Å². The van der Waals surface area contributed by atoms with E-state index in [9.17, 15) is 19.5 Å². The highest BCUT2D eigenvalue weighted by atomic mass is 16.4. The third-order valence-corrected chi connectivity index (χ3v) is 3.22. The van der Waals surface area contributed by atoms with Crippen LogP contribution in [0.1, 0.15) is 34.6 Å². The highest BCUT2D eigenvalue weighted by molar-refractivity contribution is 5.99. The van der Waals surface area contributed by atoms with Crippen LogP contribution in [-0.2, 0) is 14.4 Å². The highest BCUT2D eigenvalue weighted by Crippen LogP contribution is 2.27. The Balaban J connectivity index is 4.93. The summed E-state index contributed by atoms with van der Waals surface area (Å²) >= 11 is 0. The van der Waals surface area contributed by atoms with Gasteiger partial charge in [0.15, 0.2) is 0 Å². The molecule has 0 radical (unpaired) electrons. The van der Waals surface area contributed by atoms with Gasteiger partial charge in [0, 0.05) is 20.1 Å². The fraction of sp³-hybridized carbons (Fsp3) is 0.786. The first-order chi connectivity index (χ1) is 9.06. The quantitative estimate of drug-likeness (QED) is 0.741. The summed E-state index contributed by atoms with van der Waals surface area (Å²) in [7, 11) is 1.46. The van der Waals surface area contributed by atoms with Crippen molar-refractivity contribution >= 4 is 17.8 Å². The maximum atomic E-state index is 12.2. The van der Waals surface area contributed by atoms with Gasteiger partial charge >= 0.3 is 5.97 Å². The average Bonchev–Trinajstić information content (AvgIpc) is 2.27. The summed E-state index contributed by atoms with van der Waals surface area (Å²) in [6.07, 6.45) is 0. The molecule has 0 aliphatic carbocycles. The molecule has 0 saturated heterocycles. The predicted molar refractivity (Wildman–Crippen MR) is 76.1 cm³/mol. The van der Waals surface area contributed by atoms with Crippen molar-refractivity contribution < 1.29 is 19.5 Å². The van der Waals surface area contributed by atoms with E-state index >= 15 is 0 Å². The molecule has 0 aliphatic rings. The number of amides is 2. The smallest absolute Gasteiger partial charge is 0.316 e. The summed E-state index contributed by atoms with van der Waals surface area (Å²) < 4.78 is 0. The first-order valence-electron chi connectivity index (χ1n) is 6.81. The average molecular weight is 286 g/mol. The number of hydrogen-bond acceptors (Lipinski definition) is 3. The van der Waals surface area contributed by atoms with Gasteiger partial charge in [-0.15, -0.1) is 0 Å². The maximum absolute atomic E-state index is 12.2. The molecule has 20 heavy (non-hydrogen) atoms. The van der Waals surface area contributed by atoms with E-state index in [1.54, 1.807) is 25.7 Å². The van der Waals surface area contributed by atoms with Crippen LogP contribution in [0.15, 0.2) is 0 Å². The van der Waals surface area contributed by atoms with E-state index in [1.807, 2.05) is 13.8 Å². The van der Waals surface area contributed by atoms with Crippen LogP contribution in [-0.4, -0.2) is 59.4 Å². The summed E-state index contributed by atoms with van der Waals surface area (Å²) in [5.74, 6) is -3.03. The van der Waals surface area contributed by atoms with Gasteiger partial charge in [-0.3, -0.25) is 14.4 Å². The molecule has 0 aliphatic heterocycles. The second-order valence-electron chi connectivity index (χ2n) is 5.90. The van der Waals surface area contributed by atoms with Crippen LogP contribution in [0.2, 0.25) is 0 Å². The van der Waals surface area contributed by atoms with Gasteiger partial charge in [-0.05, 0) is 19.3 Å². The lowest BCUT2D eigenvalue weighted by atomic mass is 9.80. The van der Waals surface area contributed by atoms with Gasteiger partial charge in [-0.1, -0.05) is 20.8 Å². The van der Waals surface area contributed by atoms with E-state index in [-0.39, 0.29) is 12.5 Å². The van der Waals surface area contributed by atoms with E-state index < -0.39 is 23.2 Å². The normalized spacial score (nSPS) is 12.7. The zero-order valence-corrected chi connectivity index (χ0v) is 13.3. The van der Waals surface area contributed by atoms with Crippen molar-refractivity contribution in [3.05, 3.63) is 0 Å². The summed E-state index contributed by atoms with van der Waals surface area (Å²) in [6, 6.07) is 0. The summed E-state index contributed by atoms with van der Waals surface area (Å²) in [5, 5.41) is 9.22. The zero-order valence-electron chi connectivity index (χ0n) is 13.3. The lowest BCUT2D eigenvalue weighted by molar-refractivity contribution is -0.157. The van der Waals surface area contributed by atoms with Gasteiger partial charge in [0.1, 0.15) is 5.92 Å². The van der Waals surface area contributed by atoms with Gasteiger partial charge in [0.25, 0.3) is 0 Å². The molecule has 0 rings (SSSR count). The second-order valence-corrected chi connectivity index (χ2v) is 5.90. The minimum absolute atomic E-state index is 0.0969. The predicted octanol–water partition coefficient (Wildman–Crippen LogP) is 1.06. The largest absolute Gasteiger partial charge is 0.481 e. The number of carboxylic acid groups (broad SMARTS) is 1. The summed E-state index contributed by atoms with van der Waals surface area (Å²) in [6.45, 7) is 9.85. The van der Waals surface area contributed by atoms with Crippen LogP contribution in [0.3, 0.4) is 0 Å². The number of likely N-dealkylation sites (N-methyl/N-ethyl adjacent to an activating group) is 2. The number of carbonyl (C=O) groups is 3. The summed E-state index contributed by atoms with van der Waals surface area (Å²) in [5.41, 5.74) is -0.699.